The topological polar surface area (TPSA) is 4.93 Å². The number of aryl methyl sites for hydroxylation is 3. The maximum Gasteiger partial charge on any atom is 0.167 e. The zero-order chi connectivity index (χ0) is 82.7. The normalized spacial score (nSPS) is 18.3. The van der Waals surface area contributed by atoms with Crippen LogP contribution in [0.2, 0.25) is 0 Å². The van der Waals surface area contributed by atoms with Crippen molar-refractivity contribution in [2.45, 2.75) is 181 Å². The minimum Gasteiger partial charge on any atom is -0.343 e. The van der Waals surface area contributed by atoms with Crippen molar-refractivity contribution >= 4 is 21.8 Å². The number of halogens is 8. The number of hydrogen-bond donors (Lipinski definition) is 0. The van der Waals surface area contributed by atoms with Crippen LogP contribution in [0, 0.1) is 72.2 Å². The molecule has 596 valence electrons. The van der Waals surface area contributed by atoms with Gasteiger partial charge in [-0.1, -0.05) is 277 Å². The van der Waals surface area contributed by atoms with E-state index in [0.29, 0.717) is 23.0 Å². The number of nitrogens with zero attached hydrogens (tertiary/aromatic N) is 1. The first-order valence-electron chi connectivity index (χ1n) is 42.3. The molecule has 0 atom stereocenters. The van der Waals surface area contributed by atoms with E-state index >= 15 is 0 Å². The van der Waals surface area contributed by atoms with Gasteiger partial charge in [0.2, 0.25) is 0 Å². The highest BCUT2D eigenvalue weighted by molar-refractivity contribution is 6.21. The average molecular weight is 1570 g/mol. The first-order valence-corrected chi connectivity index (χ1v) is 42.3. The molecule has 13 aromatic carbocycles. The van der Waals surface area contributed by atoms with Crippen molar-refractivity contribution < 1.29 is 35.1 Å². The average Bonchev–Trinajstić information content (AvgIpc) is 1.52. The van der Waals surface area contributed by atoms with Gasteiger partial charge in [-0.05, 0) is 246 Å². The highest BCUT2D eigenvalue weighted by Crippen LogP contribution is 2.59. The number of aromatic nitrogens is 1. The van der Waals surface area contributed by atoms with Gasteiger partial charge in [-0.2, -0.15) is 0 Å². The summed E-state index contributed by atoms with van der Waals surface area (Å²) in [4.78, 5) is 0. The molecule has 0 amide bonds. The maximum absolute atomic E-state index is 14.7. The molecule has 0 saturated heterocycles. The standard InChI is InChI=1S/C67H55N.C22H24F4.C20H20F4/c1-64(2)53-22-14-10-18-42(53)46-29-26-38(34-57(46)64)41-32-49(39-27-30-47-43-19-11-15-23-54(43)65(3,4)58(47)35-39)62-52(33-41)60-61-51(45-21-13-17-25-56(45)67(61,7)8)37-50(63(60)68(62)9)40-28-31-48-44-20-12-16-24-55(44)66(5,6)59(48)36-40;1-3-4-14-6-8-15(9-7-14)16-11-12-18(22(26)20(16)24)17-10-5-13(2)19(23)21(17)25;1-11-3-6-13(7-4-11)14-9-10-16(20(24)18(14)22)15-8-5-12(2)17(21)19(15)23/h10-37H,1-9H3;5,10-12,14-15H,3-4,6-9H2,1-2H3;5,8-11,13H,3-4,6-7H2,1-2H3. The summed E-state index contributed by atoms with van der Waals surface area (Å²) in [5, 5.41) is 2.68. The summed E-state index contributed by atoms with van der Waals surface area (Å²) in [6.07, 6.45) is 9.69. The van der Waals surface area contributed by atoms with Crippen LogP contribution in [-0.2, 0) is 28.7 Å². The van der Waals surface area contributed by atoms with Crippen LogP contribution in [0.4, 0.5) is 35.1 Å². The lowest BCUT2D eigenvalue weighted by Gasteiger charge is -2.29. The Labute approximate surface area is 688 Å². The Bertz CT molecular complexity index is 6460. The monoisotopic (exact) mass is 1570 g/mol. The fourth-order valence-corrected chi connectivity index (χ4v) is 21.7. The number of rotatable bonds is 9. The van der Waals surface area contributed by atoms with Gasteiger partial charge in [-0.15, -0.1) is 0 Å². The molecule has 0 N–H and O–H groups in total. The Morgan fingerprint density at radius 2 is 0.653 bits per heavy atom. The molecular weight excluding hydrogens is 1480 g/mol. The van der Waals surface area contributed by atoms with Gasteiger partial charge in [0, 0.05) is 72.9 Å². The Hall–Kier alpha value is -10.9. The van der Waals surface area contributed by atoms with Crippen molar-refractivity contribution in [1.82, 2.24) is 4.57 Å². The van der Waals surface area contributed by atoms with Gasteiger partial charge < -0.3 is 4.57 Å². The summed E-state index contributed by atoms with van der Waals surface area (Å²) in [5.41, 5.74) is 31.6. The van der Waals surface area contributed by atoms with Crippen LogP contribution >= 0.6 is 0 Å². The van der Waals surface area contributed by atoms with Crippen molar-refractivity contribution in [3.63, 3.8) is 0 Å². The van der Waals surface area contributed by atoms with Crippen LogP contribution in [0.25, 0.3) is 122 Å². The lowest BCUT2D eigenvalue weighted by atomic mass is 9.77. The van der Waals surface area contributed by atoms with Gasteiger partial charge >= 0.3 is 0 Å². The van der Waals surface area contributed by atoms with Gasteiger partial charge in [-0.25, -0.2) is 35.1 Å². The van der Waals surface area contributed by atoms with Crippen LogP contribution in [0.5, 0.6) is 0 Å². The first-order chi connectivity index (χ1) is 56.5. The van der Waals surface area contributed by atoms with Gasteiger partial charge in [0.25, 0.3) is 0 Å². The summed E-state index contributed by atoms with van der Waals surface area (Å²) in [7, 11) is 2.34. The predicted octanol–water partition coefficient (Wildman–Crippen LogP) is 31.4. The van der Waals surface area contributed by atoms with Gasteiger partial charge in [0.1, 0.15) is 0 Å². The molecule has 2 saturated carbocycles. The quantitative estimate of drug-likeness (QED) is 0.127. The molecule has 2 fully saturated rings. The molecule has 14 aromatic rings. The van der Waals surface area contributed by atoms with E-state index < -0.39 is 46.5 Å². The Morgan fingerprint density at radius 1 is 0.305 bits per heavy atom. The zero-order valence-electron chi connectivity index (χ0n) is 69.6. The van der Waals surface area contributed by atoms with Crippen molar-refractivity contribution in [3.05, 3.63) is 332 Å². The molecule has 1 nitrogen and oxygen atoms in total. The lowest BCUT2D eigenvalue weighted by molar-refractivity contribution is 0.303. The SMILES string of the molecule is CCCC1CCC(c2ccc(-c3ccc(C)c(F)c3F)c(F)c2F)CC1.Cc1ccc(-c2ccc(C3CCC(C)CC3)c(F)c2F)c(F)c1F.Cn1c2c(-c3ccc4c(c3)C(C)(C)c3ccccc3-4)cc(-c3ccc4c(c3)C(C)(C)c3ccccc3-4)cc2c2c3c(cc(-c4ccc5c(c4)C(C)(C)c4ccccc4-5)c21)-c1ccccc1C3(C)C. The van der Waals surface area contributed by atoms with Crippen molar-refractivity contribution in [2.24, 2.45) is 18.9 Å². The highest BCUT2D eigenvalue weighted by atomic mass is 19.2. The molecule has 6 aliphatic carbocycles. The highest BCUT2D eigenvalue weighted by Gasteiger charge is 2.43. The summed E-state index contributed by atoms with van der Waals surface area (Å²) >= 11 is 0. The molecule has 20 rings (SSSR count). The summed E-state index contributed by atoms with van der Waals surface area (Å²) in [6, 6.07) is 76.9. The maximum atomic E-state index is 14.7. The third kappa shape index (κ3) is 12.4. The summed E-state index contributed by atoms with van der Waals surface area (Å²) in [5.74, 6) is -7.15. The molecule has 0 bridgehead atoms. The number of benzene rings is 13. The van der Waals surface area contributed by atoms with E-state index in [0.717, 1.165) is 57.8 Å². The largest absolute Gasteiger partial charge is 0.343 e. The van der Waals surface area contributed by atoms with Gasteiger partial charge in [0.15, 0.2) is 46.5 Å². The van der Waals surface area contributed by atoms with Crippen molar-refractivity contribution in [2.75, 3.05) is 0 Å². The fourth-order valence-electron chi connectivity index (χ4n) is 21.7. The van der Waals surface area contributed by atoms with Crippen LogP contribution in [0.3, 0.4) is 0 Å². The fraction of sp³-hybridized carbons (Fsp3) is 0.284. The molecule has 6 aliphatic rings. The first kappa shape index (κ1) is 78.3. The van der Waals surface area contributed by atoms with E-state index in [1.165, 1.54) is 213 Å². The lowest BCUT2D eigenvalue weighted by Crippen LogP contribution is -2.15. The van der Waals surface area contributed by atoms with Gasteiger partial charge in [-0.3, -0.25) is 0 Å². The van der Waals surface area contributed by atoms with Crippen LogP contribution in [0.1, 0.15) is 212 Å². The van der Waals surface area contributed by atoms with E-state index in [9.17, 15) is 35.1 Å². The Balaban J connectivity index is 0.000000156. The van der Waals surface area contributed by atoms with E-state index in [-0.39, 0.29) is 66.9 Å². The van der Waals surface area contributed by atoms with Gasteiger partial charge in [0.05, 0.1) is 11.0 Å². The third-order valence-electron chi connectivity index (χ3n) is 28.4. The molecule has 0 radical (unpaired) electrons. The third-order valence-corrected chi connectivity index (χ3v) is 28.4. The van der Waals surface area contributed by atoms with Crippen LogP contribution in [0.15, 0.2) is 218 Å². The van der Waals surface area contributed by atoms with Crippen molar-refractivity contribution in [3.8, 4) is 100 Å². The van der Waals surface area contributed by atoms with Crippen LogP contribution in [-0.4, -0.2) is 4.57 Å². The molecular formula is C109H99F8N. The molecule has 0 unspecified atom stereocenters. The second-order valence-electron chi connectivity index (χ2n) is 36.8. The second-order valence-corrected chi connectivity index (χ2v) is 36.8. The van der Waals surface area contributed by atoms with E-state index in [4.69, 9.17) is 0 Å². The number of hydrogen-bond acceptors (Lipinski definition) is 0. The van der Waals surface area contributed by atoms with Crippen LogP contribution < -0.4 is 0 Å². The van der Waals surface area contributed by atoms with E-state index in [2.05, 4.69) is 251 Å². The smallest absolute Gasteiger partial charge is 0.167 e. The Kier molecular flexibility index (Phi) is 19.4. The minimum atomic E-state index is -1.15. The second kappa shape index (κ2) is 29.3. The minimum absolute atomic E-state index is 0.00810. The Morgan fingerprint density at radius 3 is 1.08 bits per heavy atom. The molecule has 1 heterocycles. The molecule has 0 spiro atoms. The number of fused-ring (bicyclic) bond motifs is 16. The molecule has 118 heavy (non-hydrogen) atoms. The van der Waals surface area contributed by atoms with E-state index in [1.54, 1.807) is 0 Å². The van der Waals surface area contributed by atoms with Crippen molar-refractivity contribution in [1.29, 1.82) is 0 Å². The summed E-state index contributed by atoms with van der Waals surface area (Å²) < 4.78 is 117. The summed E-state index contributed by atoms with van der Waals surface area (Å²) in [6.45, 7) is 26.5. The molecule has 1 aromatic heterocycles. The van der Waals surface area contributed by atoms with E-state index in [1.807, 2.05) is 0 Å². The zero-order valence-corrected chi connectivity index (χ0v) is 69.6. The molecule has 0 aliphatic heterocycles. The molecule has 9 heteroatoms. The predicted molar refractivity (Wildman–Crippen MR) is 470 cm³/mol.